The van der Waals surface area contributed by atoms with Gasteiger partial charge in [-0.05, 0) is 53.9 Å². The highest BCUT2D eigenvalue weighted by atomic mass is 32.2. The Balaban J connectivity index is 2.58. The fraction of sp³-hybridized carbons (Fsp3) is 0.391. The minimum absolute atomic E-state index is 0.0557. The number of rotatable bonds is 6. The zero-order valence-corrected chi connectivity index (χ0v) is 20.2. The summed E-state index contributed by atoms with van der Waals surface area (Å²) in [4.78, 5) is 0.248. The minimum atomic E-state index is -3.29. The third-order valence-corrected chi connectivity index (χ3v) is 11.2. The molecule has 0 saturated heterocycles. The van der Waals surface area contributed by atoms with Crippen molar-refractivity contribution in [2.75, 3.05) is 6.26 Å². The Morgan fingerprint density at radius 3 is 1.93 bits per heavy atom. The highest BCUT2D eigenvalue weighted by Crippen LogP contribution is 2.39. The molecule has 0 radical (unpaired) electrons. The maximum atomic E-state index is 11.8. The molecule has 158 valence electrons. The van der Waals surface area contributed by atoms with E-state index < -0.39 is 24.4 Å². The Morgan fingerprint density at radius 1 is 0.966 bits per heavy atom. The van der Waals surface area contributed by atoms with Crippen molar-refractivity contribution in [3.8, 4) is 0 Å². The summed E-state index contributed by atoms with van der Waals surface area (Å²) in [5, 5.41) is 11.1. The Hall–Kier alpha value is -1.73. The number of aliphatic hydroxyl groups excluding tert-OH is 1. The Morgan fingerprint density at radius 2 is 1.48 bits per heavy atom. The first kappa shape index (κ1) is 23.5. The molecule has 1 atom stereocenters. The molecule has 0 spiro atoms. The van der Waals surface area contributed by atoms with E-state index in [9.17, 15) is 13.5 Å². The van der Waals surface area contributed by atoms with Crippen LogP contribution < -0.4 is 0 Å². The van der Waals surface area contributed by atoms with Gasteiger partial charge in [0.05, 0.1) is 4.90 Å². The van der Waals surface area contributed by atoms with Crippen molar-refractivity contribution >= 4 is 29.3 Å². The van der Waals surface area contributed by atoms with Gasteiger partial charge in [-0.3, -0.25) is 0 Å². The first-order valence-electron chi connectivity index (χ1n) is 9.66. The predicted octanol–water partition coefficient (Wildman–Crippen LogP) is 5.36. The lowest BCUT2D eigenvalue weighted by Gasteiger charge is -2.38. The van der Waals surface area contributed by atoms with Gasteiger partial charge in [-0.15, -0.1) is 0 Å². The van der Waals surface area contributed by atoms with Crippen molar-refractivity contribution < 1.29 is 18.0 Å². The molecule has 0 aliphatic carbocycles. The van der Waals surface area contributed by atoms with E-state index >= 15 is 0 Å². The molecule has 0 aliphatic rings. The van der Waals surface area contributed by atoms with Crippen LogP contribution in [0, 0.1) is 0 Å². The Bertz CT molecular complexity index is 970. The van der Waals surface area contributed by atoms with E-state index in [0.29, 0.717) is 5.57 Å². The first-order chi connectivity index (χ1) is 13.2. The van der Waals surface area contributed by atoms with Crippen LogP contribution in [0.3, 0.4) is 0 Å². The zero-order chi connectivity index (χ0) is 22.0. The Kier molecular flexibility index (Phi) is 6.95. The zero-order valence-electron chi connectivity index (χ0n) is 18.4. The average molecular weight is 433 g/mol. The summed E-state index contributed by atoms with van der Waals surface area (Å²) in [6.07, 6.45) is 0.0730. The quantitative estimate of drug-likeness (QED) is 0.379. The van der Waals surface area contributed by atoms with Crippen molar-refractivity contribution in [2.24, 2.45) is 0 Å². The van der Waals surface area contributed by atoms with E-state index in [4.69, 9.17) is 4.43 Å². The number of benzene rings is 2. The number of hydrogen-bond acceptors (Lipinski definition) is 4. The molecule has 0 aromatic heterocycles. The van der Waals surface area contributed by atoms with E-state index in [1.54, 1.807) is 24.3 Å². The maximum Gasteiger partial charge on any atom is 0.195 e. The molecular formula is C23H32O4SSi. The van der Waals surface area contributed by atoms with Gasteiger partial charge < -0.3 is 9.53 Å². The second-order valence-electron chi connectivity index (χ2n) is 8.93. The van der Waals surface area contributed by atoms with Gasteiger partial charge in [0.2, 0.25) is 0 Å². The number of aliphatic hydroxyl groups is 1. The van der Waals surface area contributed by atoms with Crippen LogP contribution in [0.25, 0.3) is 11.1 Å². The van der Waals surface area contributed by atoms with Gasteiger partial charge >= 0.3 is 0 Å². The van der Waals surface area contributed by atoms with Gasteiger partial charge in [0, 0.05) is 11.8 Å². The van der Waals surface area contributed by atoms with E-state index in [1.807, 2.05) is 37.3 Å². The van der Waals surface area contributed by atoms with Crippen molar-refractivity contribution in [1.82, 2.24) is 0 Å². The highest BCUT2D eigenvalue weighted by Gasteiger charge is 2.40. The molecule has 29 heavy (non-hydrogen) atoms. The second kappa shape index (κ2) is 8.56. The molecule has 0 amide bonds. The van der Waals surface area contributed by atoms with Gasteiger partial charge in [-0.2, -0.15) is 0 Å². The van der Waals surface area contributed by atoms with E-state index in [0.717, 1.165) is 16.7 Å². The summed E-state index contributed by atoms with van der Waals surface area (Å²) in [6.45, 7) is 12.5. The molecule has 2 aromatic rings. The van der Waals surface area contributed by atoms with Crippen molar-refractivity contribution in [1.29, 1.82) is 0 Å². The molecule has 1 unspecified atom stereocenters. The standard InChI is InChI=1S/C23H32O4SSi/c1-17(18-11-9-8-10-12-18)21(22(24)27-29(6,7)23(2,3)4)19-13-15-20(16-14-19)28(5,25)26/h8-16,22,24H,1-7H3/b21-17-. The third-order valence-electron chi connectivity index (χ3n) is 5.66. The summed E-state index contributed by atoms with van der Waals surface area (Å²) >= 11 is 0. The molecule has 6 heteroatoms. The first-order valence-corrected chi connectivity index (χ1v) is 14.5. The van der Waals surface area contributed by atoms with Gasteiger partial charge in [-0.25, -0.2) is 8.42 Å². The molecule has 0 heterocycles. The fourth-order valence-corrected chi connectivity index (χ4v) is 4.44. The summed E-state index contributed by atoms with van der Waals surface area (Å²) in [7, 11) is -5.52. The van der Waals surface area contributed by atoms with Gasteiger partial charge in [0.15, 0.2) is 24.4 Å². The number of sulfone groups is 1. The van der Waals surface area contributed by atoms with Gasteiger partial charge in [0.1, 0.15) is 0 Å². The van der Waals surface area contributed by atoms with Crippen molar-refractivity contribution in [3.63, 3.8) is 0 Å². The summed E-state index contributed by atoms with van der Waals surface area (Å²) in [5.41, 5.74) is 3.27. The summed E-state index contributed by atoms with van der Waals surface area (Å²) < 4.78 is 29.9. The molecule has 4 nitrogen and oxygen atoms in total. The van der Waals surface area contributed by atoms with Crippen LogP contribution in [-0.4, -0.2) is 34.4 Å². The summed E-state index contributed by atoms with van der Waals surface area (Å²) in [5.74, 6) is 0. The van der Waals surface area contributed by atoms with Crippen LogP contribution in [0.4, 0.5) is 0 Å². The van der Waals surface area contributed by atoms with Gasteiger partial charge in [-0.1, -0.05) is 63.2 Å². The van der Waals surface area contributed by atoms with E-state index in [2.05, 4.69) is 33.9 Å². The monoisotopic (exact) mass is 432 g/mol. The summed E-state index contributed by atoms with van der Waals surface area (Å²) in [6, 6.07) is 16.4. The molecule has 0 aliphatic heterocycles. The fourth-order valence-electron chi connectivity index (χ4n) is 2.78. The molecule has 0 bridgehead atoms. The highest BCUT2D eigenvalue weighted by molar-refractivity contribution is 7.90. The van der Waals surface area contributed by atoms with Crippen LogP contribution in [0.1, 0.15) is 38.8 Å². The van der Waals surface area contributed by atoms with Crippen molar-refractivity contribution in [3.05, 3.63) is 65.7 Å². The van der Waals surface area contributed by atoms with Gasteiger partial charge in [0.25, 0.3) is 0 Å². The third kappa shape index (κ3) is 5.66. The van der Waals surface area contributed by atoms with Crippen molar-refractivity contribution in [2.45, 2.75) is 57.0 Å². The number of hydrogen-bond donors (Lipinski definition) is 1. The number of allylic oxidation sites excluding steroid dienone is 1. The smallest absolute Gasteiger partial charge is 0.195 e. The maximum absolute atomic E-state index is 11.8. The molecule has 0 saturated carbocycles. The van der Waals surface area contributed by atoms with E-state index in [1.165, 1.54) is 6.26 Å². The molecule has 0 fully saturated rings. The molecule has 2 aromatic carbocycles. The topological polar surface area (TPSA) is 63.6 Å². The lowest BCUT2D eigenvalue weighted by atomic mass is 9.95. The molecule has 1 N–H and O–H groups in total. The largest absolute Gasteiger partial charge is 0.389 e. The normalized spacial score (nSPS) is 15.0. The second-order valence-corrected chi connectivity index (χ2v) is 15.7. The van der Waals surface area contributed by atoms with Crippen LogP contribution in [0.5, 0.6) is 0 Å². The van der Waals surface area contributed by atoms with E-state index in [-0.39, 0.29) is 9.93 Å². The van der Waals surface area contributed by atoms with Crippen LogP contribution in [0.15, 0.2) is 59.5 Å². The van der Waals surface area contributed by atoms with Crippen LogP contribution in [-0.2, 0) is 14.3 Å². The molecular weight excluding hydrogens is 400 g/mol. The van der Waals surface area contributed by atoms with Crippen LogP contribution >= 0.6 is 0 Å². The predicted molar refractivity (Wildman–Crippen MR) is 123 cm³/mol. The lowest BCUT2D eigenvalue weighted by Crippen LogP contribution is -2.44. The Labute approximate surface area is 176 Å². The SMILES string of the molecule is C/C(=C(\c1ccc(S(C)(=O)=O)cc1)C(O)O[Si](C)(C)C(C)(C)C)c1ccccc1. The molecule has 2 rings (SSSR count). The minimum Gasteiger partial charge on any atom is -0.389 e. The average Bonchev–Trinajstić information content (AvgIpc) is 2.61. The lowest BCUT2D eigenvalue weighted by molar-refractivity contribution is 0.0220. The van der Waals surface area contributed by atoms with Crippen LogP contribution in [0.2, 0.25) is 18.1 Å².